The number of rotatable bonds is 9. The third kappa shape index (κ3) is 6.42. The van der Waals surface area contributed by atoms with E-state index in [9.17, 15) is 22.4 Å². The number of amides is 2. The molecule has 0 spiro atoms. The van der Waals surface area contributed by atoms with Crippen LogP contribution in [0.2, 0.25) is 0 Å². The molecular weight excluding hydrogens is 425 g/mol. The lowest BCUT2D eigenvalue weighted by Crippen LogP contribution is -2.50. The van der Waals surface area contributed by atoms with Gasteiger partial charge in [0, 0.05) is 13.6 Å². The van der Waals surface area contributed by atoms with E-state index in [2.05, 4.69) is 5.32 Å². The van der Waals surface area contributed by atoms with Crippen LogP contribution in [-0.4, -0.2) is 58.1 Å². The maximum Gasteiger partial charge on any atom is 0.244 e. The first-order chi connectivity index (χ1) is 14.6. The van der Waals surface area contributed by atoms with E-state index in [1.54, 1.807) is 19.1 Å². The molecular formula is C21H26FN3O5S. The Kier molecular flexibility index (Phi) is 7.98. The monoisotopic (exact) mass is 451 g/mol. The standard InChI is InChI=1S/C21H26FN3O5S/c1-15(21(27)23-2)24(13-16-5-7-17(22)8-6-16)20(26)14-25(31(4,28)29)18-9-11-19(30-3)12-10-18/h5-12,15H,13-14H2,1-4H3,(H,23,27)/t15-/m0/s1. The normalized spacial score (nSPS) is 12.0. The predicted molar refractivity (Wildman–Crippen MR) is 116 cm³/mol. The van der Waals surface area contributed by atoms with Crippen molar-refractivity contribution in [1.29, 1.82) is 0 Å². The van der Waals surface area contributed by atoms with Gasteiger partial charge < -0.3 is 15.0 Å². The van der Waals surface area contributed by atoms with Crippen LogP contribution in [0.5, 0.6) is 5.75 Å². The number of nitrogens with zero attached hydrogens (tertiary/aromatic N) is 2. The van der Waals surface area contributed by atoms with Gasteiger partial charge in [-0.25, -0.2) is 12.8 Å². The predicted octanol–water partition coefficient (Wildman–Crippen LogP) is 1.76. The Balaban J connectivity index is 2.35. The molecule has 168 valence electrons. The zero-order chi connectivity index (χ0) is 23.2. The van der Waals surface area contributed by atoms with Gasteiger partial charge in [0.25, 0.3) is 0 Å². The summed E-state index contributed by atoms with van der Waals surface area (Å²) in [5.74, 6) is -0.883. The molecule has 0 radical (unpaired) electrons. The number of sulfonamides is 1. The average molecular weight is 452 g/mol. The van der Waals surface area contributed by atoms with Crippen molar-refractivity contribution >= 4 is 27.5 Å². The Hall–Kier alpha value is -3.14. The van der Waals surface area contributed by atoms with Gasteiger partial charge in [0.15, 0.2) is 0 Å². The Bertz CT molecular complexity index is 1010. The van der Waals surface area contributed by atoms with Crippen LogP contribution in [0.15, 0.2) is 48.5 Å². The summed E-state index contributed by atoms with van der Waals surface area (Å²) in [5, 5.41) is 2.48. The molecule has 0 bridgehead atoms. The first kappa shape index (κ1) is 24.1. The molecule has 0 aliphatic carbocycles. The molecule has 1 N–H and O–H groups in total. The quantitative estimate of drug-likeness (QED) is 0.627. The lowest BCUT2D eigenvalue weighted by molar-refractivity contribution is -0.139. The molecule has 2 rings (SSSR count). The maximum absolute atomic E-state index is 13.2. The summed E-state index contributed by atoms with van der Waals surface area (Å²) < 4.78 is 44.1. The molecule has 1 atom stereocenters. The topological polar surface area (TPSA) is 96.0 Å². The zero-order valence-electron chi connectivity index (χ0n) is 17.8. The lowest BCUT2D eigenvalue weighted by Gasteiger charge is -2.31. The highest BCUT2D eigenvalue weighted by Gasteiger charge is 2.29. The molecule has 8 nitrogen and oxygen atoms in total. The Morgan fingerprint density at radius 1 is 1.10 bits per heavy atom. The first-order valence-corrected chi connectivity index (χ1v) is 11.3. The molecule has 2 aromatic carbocycles. The van der Waals surface area contributed by atoms with Gasteiger partial charge in [-0.15, -0.1) is 0 Å². The SMILES string of the molecule is CNC(=O)[C@H](C)N(Cc1ccc(F)cc1)C(=O)CN(c1ccc(OC)cc1)S(C)(=O)=O. The Morgan fingerprint density at radius 2 is 1.68 bits per heavy atom. The lowest BCUT2D eigenvalue weighted by atomic mass is 10.1. The van der Waals surface area contributed by atoms with Crippen molar-refractivity contribution in [2.24, 2.45) is 0 Å². The second-order valence-electron chi connectivity index (χ2n) is 6.91. The van der Waals surface area contributed by atoms with Crippen LogP contribution in [0.25, 0.3) is 0 Å². The highest BCUT2D eigenvalue weighted by molar-refractivity contribution is 7.92. The second-order valence-corrected chi connectivity index (χ2v) is 8.81. The minimum Gasteiger partial charge on any atom is -0.497 e. The van der Waals surface area contributed by atoms with Gasteiger partial charge in [-0.2, -0.15) is 0 Å². The Morgan fingerprint density at radius 3 is 2.16 bits per heavy atom. The molecule has 31 heavy (non-hydrogen) atoms. The summed E-state index contributed by atoms with van der Waals surface area (Å²) in [6.45, 7) is 1.04. The van der Waals surface area contributed by atoms with Crippen LogP contribution in [0.4, 0.5) is 10.1 Å². The second kappa shape index (κ2) is 10.3. The van der Waals surface area contributed by atoms with E-state index in [1.807, 2.05) is 0 Å². The molecule has 10 heteroatoms. The number of hydrogen-bond acceptors (Lipinski definition) is 5. The molecule has 2 aromatic rings. The summed E-state index contributed by atoms with van der Waals surface area (Å²) in [6.07, 6.45) is 0.997. The number of methoxy groups -OCH3 is 1. The summed E-state index contributed by atoms with van der Waals surface area (Å²) in [5.41, 5.74) is 0.881. The average Bonchev–Trinajstić information content (AvgIpc) is 2.75. The molecule has 0 aliphatic rings. The Labute approximate surface area is 181 Å². The summed E-state index contributed by atoms with van der Waals surface area (Å²) >= 11 is 0. The highest BCUT2D eigenvalue weighted by Crippen LogP contribution is 2.22. The van der Waals surface area contributed by atoms with Gasteiger partial charge in [-0.1, -0.05) is 12.1 Å². The largest absolute Gasteiger partial charge is 0.497 e. The number of anilines is 1. The first-order valence-electron chi connectivity index (χ1n) is 9.44. The molecule has 0 aliphatic heterocycles. The van der Waals surface area contributed by atoms with Gasteiger partial charge in [-0.3, -0.25) is 13.9 Å². The van der Waals surface area contributed by atoms with E-state index in [1.165, 1.54) is 55.5 Å². The maximum atomic E-state index is 13.2. The van der Waals surface area contributed by atoms with Crippen LogP contribution in [0.3, 0.4) is 0 Å². The molecule has 0 heterocycles. The van der Waals surface area contributed by atoms with Crippen LogP contribution in [0, 0.1) is 5.82 Å². The highest BCUT2D eigenvalue weighted by atomic mass is 32.2. The fourth-order valence-corrected chi connectivity index (χ4v) is 3.79. The van der Waals surface area contributed by atoms with Crippen molar-refractivity contribution in [3.8, 4) is 5.75 Å². The van der Waals surface area contributed by atoms with Crippen LogP contribution >= 0.6 is 0 Å². The van der Waals surface area contributed by atoms with E-state index in [4.69, 9.17) is 4.74 Å². The van der Waals surface area contributed by atoms with Crippen molar-refractivity contribution in [3.05, 3.63) is 59.9 Å². The van der Waals surface area contributed by atoms with Gasteiger partial charge in [0.05, 0.1) is 19.1 Å². The number of hydrogen-bond donors (Lipinski definition) is 1. The fraction of sp³-hybridized carbons (Fsp3) is 0.333. The van der Waals surface area contributed by atoms with Gasteiger partial charge in [-0.05, 0) is 48.9 Å². The molecule has 0 aromatic heterocycles. The van der Waals surface area contributed by atoms with Crippen LogP contribution in [0.1, 0.15) is 12.5 Å². The summed E-state index contributed by atoms with van der Waals surface area (Å²) in [7, 11) is -0.871. The molecule has 0 saturated carbocycles. The fourth-order valence-electron chi connectivity index (χ4n) is 2.94. The smallest absolute Gasteiger partial charge is 0.244 e. The summed E-state index contributed by atoms with van der Waals surface area (Å²) in [4.78, 5) is 26.6. The molecule has 2 amide bonds. The summed E-state index contributed by atoms with van der Waals surface area (Å²) in [6, 6.07) is 10.9. The van der Waals surface area contributed by atoms with Crippen LogP contribution in [-0.2, 0) is 26.2 Å². The van der Waals surface area contributed by atoms with Crippen molar-refractivity contribution in [2.75, 3.05) is 31.3 Å². The van der Waals surface area contributed by atoms with Crippen molar-refractivity contribution in [2.45, 2.75) is 19.5 Å². The van der Waals surface area contributed by atoms with Gasteiger partial charge in [0.2, 0.25) is 21.8 Å². The number of halogens is 1. The number of ether oxygens (including phenoxy) is 1. The van der Waals surface area contributed by atoms with E-state index in [0.717, 1.165) is 10.6 Å². The van der Waals surface area contributed by atoms with Crippen LogP contribution < -0.4 is 14.4 Å². The molecule has 0 fully saturated rings. The van der Waals surface area contributed by atoms with Gasteiger partial charge >= 0.3 is 0 Å². The number of carbonyl (C=O) groups excluding carboxylic acids is 2. The van der Waals surface area contributed by atoms with Crippen molar-refractivity contribution < 1.29 is 27.1 Å². The van der Waals surface area contributed by atoms with E-state index in [0.29, 0.717) is 11.3 Å². The number of nitrogens with one attached hydrogen (secondary N) is 1. The molecule has 0 saturated heterocycles. The van der Waals surface area contributed by atoms with E-state index in [-0.39, 0.29) is 12.2 Å². The third-order valence-electron chi connectivity index (χ3n) is 4.72. The number of carbonyl (C=O) groups is 2. The third-order valence-corrected chi connectivity index (χ3v) is 5.86. The minimum absolute atomic E-state index is 0.00785. The number of benzene rings is 2. The van der Waals surface area contributed by atoms with Crippen molar-refractivity contribution in [1.82, 2.24) is 10.2 Å². The zero-order valence-corrected chi connectivity index (χ0v) is 18.6. The van der Waals surface area contributed by atoms with Crippen molar-refractivity contribution in [3.63, 3.8) is 0 Å². The van der Waals surface area contributed by atoms with E-state index < -0.39 is 40.2 Å². The molecule has 0 unspecified atom stereocenters. The number of likely N-dealkylation sites (N-methyl/N-ethyl adjacent to an activating group) is 1. The minimum atomic E-state index is -3.80. The van der Waals surface area contributed by atoms with Gasteiger partial charge in [0.1, 0.15) is 24.2 Å². The van der Waals surface area contributed by atoms with E-state index >= 15 is 0 Å².